The van der Waals surface area contributed by atoms with Crippen molar-refractivity contribution in [1.82, 2.24) is 4.98 Å². The summed E-state index contributed by atoms with van der Waals surface area (Å²) < 4.78 is 0. The molecular weight excluding hydrogens is 428 g/mol. The fraction of sp³-hybridized carbons (Fsp3) is 0.226. The van der Waals surface area contributed by atoms with Crippen LogP contribution in [0.3, 0.4) is 0 Å². The van der Waals surface area contributed by atoms with E-state index in [4.69, 9.17) is 11.1 Å². The van der Waals surface area contributed by atoms with Crippen molar-refractivity contribution >= 4 is 22.6 Å². The number of H-pyrrole nitrogens is 1. The molecule has 0 atom stereocenters. The number of aromatic amines is 1. The quantitative estimate of drug-likeness (QED) is 0.0832. The summed E-state index contributed by atoms with van der Waals surface area (Å²) in [6.07, 6.45) is 11.3. The summed E-state index contributed by atoms with van der Waals surface area (Å²) in [6.45, 7) is 14.1. The van der Waals surface area contributed by atoms with Gasteiger partial charge in [-0.15, -0.1) is 6.58 Å². The molecule has 0 aliphatic rings. The molecule has 0 aliphatic heterocycles. The van der Waals surface area contributed by atoms with Crippen LogP contribution in [0.15, 0.2) is 108 Å². The Kier molecular flexibility index (Phi) is 9.19. The number of hydrogen-bond acceptors (Lipinski definition) is 1. The number of rotatable bonds is 12. The number of nitrogens with one attached hydrogen (secondary N) is 2. The molecule has 0 fully saturated rings. The van der Waals surface area contributed by atoms with Crippen LogP contribution in [0, 0.1) is 5.41 Å². The second kappa shape index (κ2) is 12.5. The maximum Gasteiger partial charge on any atom is 0.153 e. The highest BCUT2D eigenvalue weighted by atomic mass is 14.9. The highest BCUT2D eigenvalue weighted by molar-refractivity contribution is 6.04. The zero-order valence-electron chi connectivity index (χ0n) is 20.7. The predicted molar refractivity (Wildman–Crippen MR) is 151 cm³/mol. The Morgan fingerprint density at radius 3 is 2.60 bits per heavy atom. The average molecular weight is 465 g/mol. The highest BCUT2D eigenvalue weighted by Crippen LogP contribution is 2.19. The first-order chi connectivity index (χ1) is 16.8. The summed E-state index contributed by atoms with van der Waals surface area (Å²) in [5, 5.41) is 9.65. The van der Waals surface area contributed by atoms with Crippen LogP contribution in [-0.2, 0) is 6.42 Å². The van der Waals surface area contributed by atoms with E-state index in [0.29, 0.717) is 12.3 Å². The third-order valence-corrected chi connectivity index (χ3v) is 5.86. The molecule has 0 saturated heterocycles. The van der Waals surface area contributed by atoms with E-state index in [9.17, 15) is 0 Å². The summed E-state index contributed by atoms with van der Waals surface area (Å²) >= 11 is 0. The van der Waals surface area contributed by atoms with Gasteiger partial charge >= 0.3 is 0 Å². The van der Waals surface area contributed by atoms with Gasteiger partial charge in [-0.05, 0) is 91.0 Å². The Labute approximate surface area is 209 Å². The summed E-state index contributed by atoms with van der Waals surface area (Å²) in [4.78, 5) is 7.57. The topological polar surface area (TPSA) is 78.0 Å². The predicted octanol–water partition coefficient (Wildman–Crippen LogP) is 7.64. The molecule has 3 aromatic rings. The highest BCUT2D eigenvalue weighted by Gasteiger charge is 2.06. The summed E-state index contributed by atoms with van der Waals surface area (Å²) in [5.74, 6) is 0.538. The molecule has 0 spiro atoms. The van der Waals surface area contributed by atoms with Gasteiger partial charge in [0.1, 0.15) is 5.84 Å². The zero-order valence-corrected chi connectivity index (χ0v) is 20.7. The number of nitrogens with two attached hydrogens (primary N) is 1. The van der Waals surface area contributed by atoms with E-state index in [-0.39, 0.29) is 5.84 Å². The van der Waals surface area contributed by atoms with Crippen LogP contribution >= 0.6 is 0 Å². The molecule has 1 aromatic heterocycles. The summed E-state index contributed by atoms with van der Waals surface area (Å²) in [6, 6.07) is 16.4. The molecule has 3 rings (SSSR count). The maximum atomic E-state index is 8.45. The van der Waals surface area contributed by atoms with Crippen LogP contribution in [0.4, 0.5) is 0 Å². The third kappa shape index (κ3) is 8.11. The van der Waals surface area contributed by atoms with Gasteiger partial charge < -0.3 is 10.7 Å². The average Bonchev–Trinajstić information content (AvgIpc) is 3.28. The number of benzene rings is 2. The molecule has 1 heterocycles. The lowest BCUT2D eigenvalue weighted by atomic mass is 10.0. The Bertz CT molecular complexity index is 1290. The van der Waals surface area contributed by atoms with Crippen LogP contribution in [0.2, 0.25) is 0 Å². The van der Waals surface area contributed by atoms with Crippen molar-refractivity contribution in [3.63, 3.8) is 0 Å². The van der Waals surface area contributed by atoms with Crippen molar-refractivity contribution in [3.8, 4) is 0 Å². The monoisotopic (exact) mass is 464 g/mol. The molecule has 4 N–H and O–H groups in total. The van der Waals surface area contributed by atoms with Crippen molar-refractivity contribution in [3.05, 3.63) is 120 Å². The van der Waals surface area contributed by atoms with Gasteiger partial charge in [-0.2, -0.15) is 0 Å². The first-order valence-corrected chi connectivity index (χ1v) is 12.1. The summed E-state index contributed by atoms with van der Waals surface area (Å²) in [5.41, 5.74) is 13.6. The fourth-order valence-corrected chi connectivity index (χ4v) is 4.06. The molecular formula is C31H36N4. The van der Waals surface area contributed by atoms with Gasteiger partial charge in [0, 0.05) is 23.7 Å². The van der Waals surface area contributed by atoms with Gasteiger partial charge in [-0.3, -0.25) is 5.41 Å². The number of aliphatic imine (C=N–C) groups is 1. The number of hydrogen-bond donors (Lipinski definition) is 3. The van der Waals surface area contributed by atoms with Crippen molar-refractivity contribution < 1.29 is 0 Å². The van der Waals surface area contributed by atoms with Crippen molar-refractivity contribution in [2.45, 2.75) is 45.4 Å². The van der Waals surface area contributed by atoms with Crippen LogP contribution in [0.1, 0.15) is 55.7 Å². The normalized spacial score (nSPS) is 12.0. The van der Waals surface area contributed by atoms with Crippen LogP contribution in [0.25, 0.3) is 10.9 Å². The lowest BCUT2D eigenvalue weighted by Crippen LogP contribution is -2.15. The first kappa shape index (κ1) is 25.7. The SMILES string of the molecule is C=C/C(=C\C(=C)CC(N)=NC(=N)c1cccc(Cc2ccc3[nH]ccc3c2)c1)CCCCC(=C)C. The van der Waals surface area contributed by atoms with Crippen molar-refractivity contribution in [2.75, 3.05) is 0 Å². The Balaban J connectivity index is 1.59. The van der Waals surface area contributed by atoms with E-state index < -0.39 is 0 Å². The molecule has 0 amide bonds. The molecule has 180 valence electrons. The number of aromatic nitrogens is 1. The lowest BCUT2D eigenvalue weighted by Gasteiger charge is -2.07. The van der Waals surface area contributed by atoms with Crippen LogP contribution < -0.4 is 5.73 Å². The van der Waals surface area contributed by atoms with Gasteiger partial charge in [0.25, 0.3) is 0 Å². The Hall–Kier alpha value is -3.92. The second-order valence-corrected chi connectivity index (χ2v) is 9.15. The van der Waals surface area contributed by atoms with E-state index in [0.717, 1.165) is 59.9 Å². The number of nitrogens with zero attached hydrogens (tertiary/aromatic N) is 1. The lowest BCUT2D eigenvalue weighted by molar-refractivity contribution is 0.732. The Morgan fingerprint density at radius 2 is 1.83 bits per heavy atom. The number of allylic oxidation sites excluding steroid dienone is 4. The largest absolute Gasteiger partial charge is 0.387 e. The smallest absolute Gasteiger partial charge is 0.153 e. The Morgan fingerprint density at radius 1 is 1.06 bits per heavy atom. The first-order valence-electron chi connectivity index (χ1n) is 12.1. The fourth-order valence-electron chi connectivity index (χ4n) is 4.06. The van der Waals surface area contributed by atoms with Gasteiger partial charge in [-0.25, -0.2) is 4.99 Å². The molecule has 35 heavy (non-hydrogen) atoms. The maximum absolute atomic E-state index is 8.45. The van der Waals surface area contributed by atoms with E-state index in [1.807, 2.05) is 36.5 Å². The molecule has 4 nitrogen and oxygen atoms in total. The van der Waals surface area contributed by atoms with Gasteiger partial charge in [0.15, 0.2) is 5.84 Å². The van der Waals surface area contributed by atoms with Crippen molar-refractivity contribution in [2.24, 2.45) is 10.7 Å². The second-order valence-electron chi connectivity index (χ2n) is 9.15. The standard InChI is InChI=1S/C31H36N4/c1-5-24(10-7-6-9-22(2)3)17-23(4)18-30(32)35-31(33)28-12-8-11-25(21-28)19-26-13-14-29-27(20-26)15-16-34-29/h5,8,11-17,20-21,34H,1-2,4,6-7,9-10,18-19H2,3H3,(H3,32,33,35)/b24-17+. The number of fused-ring (bicyclic) bond motifs is 1. The molecule has 0 aliphatic carbocycles. The molecule has 2 aromatic carbocycles. The minimum absolute atomic E-state index is 0.158. The minimum Gasteiger partial charge on any atom is -0.387 e. The van der Waals surface area contributed by atoms with Gasteiger partial charge in [0.2, 0.25) is 0 Å². The van der Waals surface area contributed by atoms with Gasteiger partial charge in [0.05, 0.1) is 0 Å². The van der Waals surface area contributed by atoms with E-state index in [1.54, 1.807) is 0 Å². The van der Waals surface area contributed by atoms with E-state index in [2.05, 4.69) is 67.0 Å². The number of amidine groups is 2. The van der Waals surface area contributed by atoms with Gasteiger partial charge in [-0.1, -0.05) is 55.1 Å². The summed E-state index contributed by atoms with van der Waals surface area (Å²) in [7, 11) is 0. The van der Waals surface area contributed by atoms with E-state index in [1.165, 1.54) is 16.5 Å². The van der Waals surface area contributed by atoms with Crippen LogP contribution in [0.5, 0.6) is 0 Å². The number of unbranched alkanes of at least 4 members (excludes halogenated alkanes) is 1. The molecule has 4 heteroatoms. The van der Waals surface area contributed by atoms with Crippen molar-refractivity contribution in [1.29, 1.82) is 5.41 Å². The minimum atomic E-state index is 0.158. The zero-order chi connectivity index (χ0) is 25.2. The molecule has 0 unspecified atom stereocenters. The molecule has 0 bridgehead atoms. The van der Waals surface area contributed by atoms with Crippen LogP contribution in [-0.4, -0.2) is 16.7 Å². The molecule has 0 saturated carbocycles. The van der Waals surface area contributed by atoms with E-state index >= 15 is 0 Å². The molecule has 0 radical (unpaired) electrons. The third-order valence-electron chi connectivity index (χ3n) is 5.86.